The molecule has 4 nitrogen and oxygen atoms in total. The number of fused-ring (bicyclic) bond motifs is 5. The van der Waals surface area contributed by atoms with Gasteiger partial charge < -0.3 is 14.5 Å². The summed E-state index contributed by atoms with van der Waals surface area (Å²) in [5.41, 5.74) is 5.15. The van der Waals surface area contributed by atoms with Crippen molar-refractivity contribution >= 4 is 11.8 Å². The quantitative estimate of drug-likeness (QED) is 0.734. The Hall–Kier alpha value is -2.49. The number of ether oxygens (including phenoxy) is 1. The van der Waals surface area contributed by atoms with Gasteiger partial charge in [0, 0.05) is 25.3 Å². The molecule has 2 fully saturated rings. The summed E-state index contributed by atoms with van der Waals surface area (Å²) in [5, 5.41) is 0. The second kappa shape index (κ2) is 7.50. The van der Waals surface area contributed by atoms with E-state index in [1.807, 2.05) is 35.2 Å². The van der Waals surface area contributed by atoms with Crippen LogP contribution in [0.15, 0.2) is 48.5 Å². The lowest BCUT2D eigenvalue weighted by Crippen LogP contribution is -2.38. The Bertz CT molecular complexity index is 845. The van der Waals surface area contributed by atoms with Crippen molar-refractivity contribution in [1.82, 2.24) is 4.90 Å². The van der Waals surface area contributed by atoms with Crippen LogP contribution in [0.5, 0.6) is 0 Å². The highest BCUT2D eigenvalue weighted by Gasteiger charge is 2.41. The molecule has 2 heterocycles. The van der Waals surface area contributed by atoms with Gasteiger partial charge in [-0.25, -0.2) is 4.79 Å². The summed E-state index contributed by atoms with van der Waals surface area (Å²) in [5.74, 6) is 0.591. The summed E-state index contributed by atoms with van der Waals surface area (Å²) in [7, 11) is 0. The molecule has 1 aliphatic carbocycles. The Morgan fingerprint density at radius 1 is 0.964 bits per heavy atom. The summed E-state index contributed by atoms with van der Waals surface area (Å²) in [6.45, 7) is 3.43. The fraction of sp³-hybridized carbons (Fsp3) is 0.458. The van der Waals surface area contributed by atoms with Gasteiger partial charge >= 0.3 is 6.09 Å². The van der Waals surface area contributed by atoms with E-state index in [0.717, 1.165) is 38.0 Å². The van der Waals surface area contributed by atoms with E-state index in [9.17, 15) is 4.79 Å². The van der Waals surface area contributed by atoms with Crippen molar-refractivity contribution in [3.05, 3.63) is 65.2 Å². The van der Waals surface area contributed by atoms with Crippen molar-refractivity contribution < 1.29 is 9.53 Å². The molecule has 0 aromatic heterocycles. The number of amides is 1. The summed E-state index contributed by atoms with van der Waals surface area (Å²) in [6, 6.07) is 17.1. The number of rotatable bonds is 3. The van der Waals surface area contributed by atoms with Crippen LogP contribution in [0.1, 0.15) is 60.8 Å². The second-order valence-electron chi connectivity index (χ2n) is 8.33. The van der Waals surface area contributed by atoms with Crippen LogP contribution < -0.4 is 4.90 Å². The maximum atomic E-state index is 12.8. The minimum absolute atomic E-state index is 0.168. The van der Waals surface area contributed by atoms with Gasteiger partial charge in [0.2, 0.25) is 0 Å². The number of piperidine rings is 2. The molecule has 28 heavy (non-hydrogen) atoms. The van der Waals surface area contributed by atoms with Gasteiger partial charge in [-0.15, -0.1) is 0 Å². The predicted molar refractivity (Wildman–Crippen MR) is 111 cm³/mol. The maximum Gasteiger partial charge on any atom is 0.410 e. The minimum atomic E-state index is -0.177. The first-order valence-corrected chi connectivity index (χ1v) is 10.7. The average molecular weight is 377 g/mol. The van der Waals surface area contributed by atoms with Crippen molar-refractivity contribution in [3.8, 4) is 0 Å². The van der Waals surface area contributed by atoms with Crippen LogP contribution >= 0.6 is 0 Å². The van der Waals surface area contributed by atoms with Gasteiger partial charge in [-0.3, -0.25) is 0 Å². The number of nitrogens with zero attached hydrogens (tertiary/aromatic N) is 2. The SMILES string of the molecule is O=C(OCc1ccccc1)N1CC[C@@H]2C[C@@H]1c1cc(N3CCCCC3)ccc12. The van der Waals surface area contributed by atoms with E-state index < -0.39 is 0 Å². The first-order valence-electron chi connectivity index (χ1n) is 10.7. The molecule has 0 spiro atoms. The Labute approximate surface area is 167 Å². The van der Waals surface area contributed by atoms with Crippen molar-refractivity contribution in [3.63, 3.8) is 0 Å². The van der Waals surface area contributed by atoms with E-state index in [1.54, 1.807) is 0 Å². The number of anilines is 1. The summed E-state index contributed by atoms with van der Waals surface area (Å²) >= 11 is 0. The molecule has 0 saturated carbocycles. The highest BCUT2D eigenvalue weighted by molar-refractivity contribution is 5.70. The van der Waals surface area contributed by atoms with E-state index in [1.165, 1.54) is 36.1 Å². The van der Waals surface area contributed by atoms with Crippen molar-refractivity contribution in [2.24, 2.45) is 0 Å². The van der Waals surface area contributed by atoms with Crippen molar-refractivity contribution in [2.45, 2.75) is 50.7 Å². The van der Waals surface area contributed by atoms with Gasteiger partial charge in [-0.2, -0.15) is 0 Å². The van der Waals surface area contributed by atoms with Crippen LogP contribution in [-0.2, 0) is 11.3 Å². The van der Waals surface area contributed by atoms with Gasteiger partial charge in [-0.1, -0.05) is 36.4 Å². The zero-order valence-corrected chi connectivity index (χ0v) is 16.3. The molecule has 4 heteroatoms. The number of likely N-dealkylation sites (tertiary alicyclic amines) is 1. The van der Waals surface area contributed by atoms with Crippen molar-refractivity contribution in [1.29, 1.82) is 0 Å². The molecular formula is C24H28N2O2. The fourth-order valence-corrected chi connectivity index (χ4v) is 5.13. The van der Waals surface area contributed by atoms with Crippen LogP contribution in [0.3, 0.4) is 0 Å². The van der Waals surface area contributed by atoms with E-state index in [4.69, 9.17) is 4.74 Å². The lowest BCUT2D eigenvalue weighted by atomic mass is 9.95. The molecule has 2 atom stereocenters. The van der Waals surface area contributed by atoms with Gasteiger partial charge in [0.15, 0.2) is 0 Å². The Kier molecular flexibility index (Phi) is 4.71. The molecule has 2 bridgehead atoms. The first-order chi connectivity index (χ1) is 13.8. The van der Waals surface area contributed by atoms with E-state index in [0.29, 0.717) is 12.5 Å². The molecule has 0 radical (unpaired) electrons. The van der Waals surface area contributed by atoms with Gasteiger partial charge in [0.05, 0.1) is 6.04 Å². The lowest BCUT2D eigenvalue weighted by Gasteiger charge is -2.33. The van der Waals surface area contributed by atoms with Crippen LogP contribution in [0.4, 0.5) is 10.5 Å². The Morgan fingerprint density at radius 2 is 1.79 bits per heavy atom. The lowest BCUT2D eigenvalue weighted by molar-refractivity contribution is 0.0694. The third kappa shape index (κ3) is 3.25. The van der Waals surface area contributed by atoms with Crippen LogP contribution in [-0.4, -0.2) is 30.6 Å². The number of hydrogen-bond acceptors (Lipinski definition) is 3. The van der Waals surface area contributed by atoms with Gasteiger partial charge in [0.25, 0.3) is 0 Å². The van der Waals surface area contributed by atoms with E-state index in [2.05, 4.69) is 23.1 Å². The molecule has 1 amide bonds. The zero-order valence-electron chi connectivity index (χ0n) is 16.3. The van der Waals surface area contributed by atoms with Crippen LogP contribution in [0.2, 0.25) is 0 Å². The Balaban J connectivity index is 1.33. The maximum absolute atomic E-state index is 12.8. The molecule has 2 aliphatic heterocycles. The molecule has 3 aliphatic rings. The summed E-state index contributed by atoms with van der Waals surface area (Å²) < 4.78 is 5.66. The normalized spacial score (nSPS) is 23.4. The van der Waals surface area contributed by atoms with Crippen LogP contribution in [0.25, 0.3) is 0 Å². The minimum Gasteiger partial charge on any atom is -0.445 e. The first kappa shape index (κ1) is 17.6. The number of carbonyl (C=O) groups excluding carboxylic acids is 1. The number of benzene rings is 2. The predicted octanol–water partition coefficient (Wildman–Crippen LogP) is 5.25. The Morgan fingerprint density at radius 3 is 2.61 bits per heavy atom. The topological polar surface area (TPSA) is 32.8 Å². The standard InChI is InChI=1S/C24H28N2O2/c27-24(28-17-18-7-3-1-4-8-18)26-14-11-19-15-23(26)22-16-20(9-10-21(19)22)25-12-5-2-6-13-25/h1,3-4,7-10,16,19,23H,2,5-6,11-15,17H2/t19-,23-/m1/s1. The van der Waals surface area contributed by atoms with Crippen LogP contribution in [0, 0.1) is 0 Å². The average Bonchev–Trinajstić information content (AvgIpc) is 3.05. The van der Waals surface area contributed by atoms with E-state index >= 15 is 0 Å². The second-order valence-corrected chi connectivity index (χ2v) is 8.33. The third-order valence-corrected chi connectivity index (χ3v) is 6.63. The third-order valence-electron chi connectivity index (χ3n) is 6.63. The molecule has 2 aromatic carbocycles. The number of carbonyl (C=O) groups is 1. The highest BCUT2D eigenvalue weighted by Crippen LogP contribution is 2.50. The summed E-state index contributed by atoms with van der Waals surface area (Å²) in [6.07, 6.45) is 5.80. The zero-order chi connectivity index (χ0) is 18.9. The number of hydrogen-bond donors (Lipinski definition) is 0. The molecule has 2 aromatic rings. The van der Waals surface area contributed by atoms with E-state index in [-0.39, 0.29) is 12.1 Å². The van der Waals surface area contributed by atoms with Crippen molar-refractivity contribution in [2.75, 3.05) is 24.5 Å². The smallest absolute Gasteiger partial charge is 0.410 e. The molecular weight excluding hydrogens is 348 g/mol. The van der Waals surface area contributed by atoms with Gasteiger partial charge in [0.1, 0.15) is 6.61 Å². The molecule has 5 rings (SSSR count). The monoisotopic (exact) mass is 376 g/mol. The summed E-state index contributed by atoms with van der Waals surface area (Å²) in [4.78, 5) is 17.3. The molecule has 2 saturated heterocycles. The largest absolute Gasteiger partial charge is 0.445 e. The highest BCUT2D eigenvalue weighted by atomic mass is 16.6. The molecule has 0 unspecified atom stereocenters. The molecule has 0 N–H and O–H groups in total. The molecule has 146 valence electrons. The van der Waals surface area contributed by atoms with Gasteiger partial charge in [-0.05, 0) is 66.8 Å². The fourth-order valence-electron chi connectivity index (χ4n) is 5.13.